The standard InChI is InChI=1S/C23H29F3N4O2/c1-4-16(2)29(22(32)27-20-10-6-5-9-19(20)23(24,25)26)15-21(31)30(17-11-12-17)14-18-8-7-13-28(18)3/h5-10,13,16-17H,4,11-12,14-15H2,1-3H3,(H,27,32). The van der Waals surface area contributed by atoms with E-state index in [1.165, 1.54) is 23.1 Å². The fraction of sp³-hybridized carbons (Fsp3) is 0.478. The van der Waals surface area contributed by atoms with Crippen LogP contribution < -0.4 is 5.32 Å². The summed E-state index contributed by atoms with van der Waals surface area (Å²) < 4.78 is 41.9. The Hall–Kier alpha value is -2.97. The number of hydrogen-bond donors (Lipinski definition) is 1. The van der Waals surface area contributed by atoms with Gasteiger partial charge >= 0.3 is 12.2 Å². The van der Waals surface area contributed by atoms with Crippen LogP contribution in [0.3, 0.4) is 0 Å². The van der Waals surface area contributed by atoms with Gasteiger partial charge in [-0.1, -0.05) is 19.1 Å². The molecule has 174 valence electrons. The molecule has 1 aliphatic carbocycles. The first-order chi connectivity index (χ1) is 15.1. The van der Waals surface area contributed by atoms with Crippen LogP contribution in [-0.4, -0.2) is 44.9 Å². The van der Waals surface area contributed by atoms with Gasteiger partial charge in [0, 0.05) is 31.0 Å². The highest BCUT2D eigenvalue weighted by molar-refractivity contribution is 5.93. The van der Waals surface area contributed by atoms with E-state index in [4.69, 9.17) is 0 Å². The van der Waals surface area contributed by atoms with Gasteiger partial charge in [0.05, 0.1) is 17.8 Å². The Kier molecular flexibility index (Phi) is 7.16. The minimum atomic E-state index is -4.60. The van der Waals surface area contributed by atoms with Gasteiger partial charge in [0.1, 0.15) is 6.54 Å². The second kappa shape index (κ2) is 9.67. The van der Waals surface area contributed by atoms with E-state index in [1.807, 2.05) is 36.9 Å². The number of alkyl halides is 3. The van der Waals surface area contributed by atoms with Gasteiger partial charge in [-0.25, -0.2) is 4.79 Å². The summed E-state index contributed by atoms with van der Waals surface area (Å²) in [6, 6.07) is 7.76. The van der Waals surface area contributed by atoms with Crippen molar-refractivity contribution in [2.45, 2.75) is 57.9 Å². The van der Waals surface area contributed by atoms with E-state index in [0.717, 1.165) is 24.6 Å². The molecule has 1 N–H and O–H groups in total. The zero-order chi connectivity index (χ0) is 23.5. The number of carbonyl (C=O) groups is 2. The maximum Gasteiger partial charge on any atom is 0.418 e. The maximum atomic E-state index is 13.3. The Morgan fingerprint density at radius 2 is 1.88 bits per heavy atom. The third-order valence-electron chi connectivity index (χ3n) is 5.86. The van der Waals surface area contributed by atoms with Crippen molar-refractivity contribution < 1.29 is 22.8 Å². The molecule has 2 aromatic rings. The largest absolute Gasteiger partial charge is 0.418 e. The number of hydrogen-bond acceptors (Lipinski definition) is 2. The molecular weight excluding hydrogens is 421 g/mol. The highest BCUT2D eigenvalue weighted by Gasteiger charge is 2.36. The predicted octanol–water partition coefficient (Wildman–Crippen LogP) is 4.87. The zero-order valence-electron chi connectivity index (χ0n) is 18.5. The van der Waals surface area contributed by atoms with E-state index in [1.54, 1.807) is 11.8 Å². The molecule has 0 spiro atoms. The number of anilines is 1. The van der Waals surface area contributed by atoms with Gasteiger partial charge in [0.25, 0.3) is 0 Å². The molecule has 0 aliphatic heterocycles. The van der Waals surface area contributed by atoms with Gasteiger partial charge in [-0.3, -0.25) is 4.79 Å². The van der Waals surface area contributed by atoms with E-state index < -0.39 is 17.8 Å². The summed E-state index contributed by atoms with van der Waals surface area (Å²) in [5.74, 6) is -0.215. The van der Waals surface area contributed by atoms with Crippen LogP contribution in [0.5, 0.6) is 0 Å². The summed E-state index contributed by atoms with van der Waals surface area (Å²) in [6.07, 6.45) is -0.321. The number of nitrogens with one attached hydrogen (secondary N) is 1. The molecule has 1 unspecified atom stereocenters. The van der Waals surface area contributed by atoms with E-state index in [0.29, 0.717) is 13.0 Å². The molecular formula is C23H29F3N4O2. The number of aryl methyl sites for hydroxylation is 1. The van der Waals surface area contributed by atoms with Gasteiger partial charge < -0.3 is 19.7 Å². The number of para-hydroxylation sites is 1. The summed E-state index contributed by atoms with van der Waals surface area (Å²) in [4.78, 5) is 29.3. The van der Waals surface area contributed by atoms with Crippen LogP contribution in [0.15, 0.2) is 42.6 Å². The lowest BCUT2D eigenvalue weighted by molar-refractivity contribution is -0.137. The van der Waals surface area contributed by atoms with Crippen molar-refractivity contribution in [1.82, 2.24) is 14.4 Å². The van der Waals surface area contributed by atoms with E-state index in [-0.39, 0.29) is 30.2 Å². The second-order valence-electron chi connectivity index (χ2n) is 8.22. The fourth-order valence-corrected chi connectivity index (χ4v) is 3.55. The first-order valence-electron chi connectivity index (χ1n) is 10.7. The summed E-state index contributed by atoms with van der Waals surface area (Å²) in [5.41, 5.74) is -0.274. The number of amides is 3. The Morgan fingerprint density at radius 1 is 1.19 bits per heavy atom. The molecule has 3 rings (SSSR count). The molecule has 32 heavy (non-hydrogen) atoms. The van der Waals surface area contributed by atoms with Crippen molar-refractivity contribution in [3.63, 3.8) is 0 Å². The minimum Gasteiger partial charge on any atom is -0.353 e. The molecule has 3 amide bonds. The number of carbonyl (C=O) groups excluding carboxylic acids is 2. The molecule has 0 saturated heterocycles. The topological polar surface area (TPSA) is 57.6 Å². The predicted molar refractivity (Wildman–Crippen MR) is 116 cm³/mol. The third-order valence-corrected chi connectivity index (χ3v) is 5.86. The lowest BCUT2D eigenvalue weighted by atomic mass is 10.1. The Balaban J connectivity index is 1.77. The van der Waals surface area contributed by atoms with Gasteiger partial charge in [-0.2, -0.15) is 13.2 Å². The summed E-state index contributed by atoms with van der Waals surface area (Å²) in [7, 11) is 1.90. The monoisotopic (exact) mass is 450 g/mol. The fourth-order valence-electron chi connectivity index (χ4n) is 3.55. The lowest BCUT2D eigenvalue weighted by Crippen LogP contribution is -2.48. The average molecular weight is 451 g/mol. The Morgan fingerprint density at radius 3 is 2.44 bits per heavy atom. The van der Waals surface area contributed by atoms with E-state index >= 15 is 0 Å². The van der Waals surface area contributed by atoms with E-state index in [2.05, 4.69) is 5.32 Å². The van der Waals surface area contributed by atoms with Gasteiger partial charge in [0.15, 0.2) is 0 Å². The van der Waals surface area contributed by atoms with Crippen LogP contribution in [-0.2, 0) is 24.6 Å². The lowest BCUT2D eigenvalue weighted by Gasteiger charge is -2.31. The molecule has 1 fully saturated rings. The van der Waals surface area contributed by atoms with Crippen LogP contribution in [0.2, 0.25) is 0 Å². The second-order valence-corrected chi connectivity index (χ2v) is 8.22. The molecule has 1 aromatic heterocycles. The molecule has 1 atom stereocenters. The van der Waals surface area contributed by atoms with Crippen LogP contribution in [0.4, 0.5) is 23.7 Å². The van der Waals surface area contributed by atoms with Crippen molar-refractivity contribution in [2.75, 3.05) is 11.9 Å². The van der Waals surface area contributed by atoms with Crippen molar-refractivity contribution in [3.8, 4) is 0 Å². The number of rotatable bonds is 8. The van der Waals surface area contributed by atoms with Crippen molar-refractivity contribution in [3.05, 3.63) is 53.9 Å². The average Bonchev–Trinajstić information content (AvgIpc) is 3.50. The molecule has 0 bridgehead atoms. The quantitative estimate of drug-likeness (QED) is 0.624. The molecule has 6 nitrogen and oxygen atoms in total. The number of urea groups is 1. The molecule has 1 heterocycles. The summed E-state index contributed by atoms with van der Waals surface area (Å²) in [5, 5.41) is 2.37. The Labute approximate surface area is 186 Å². The van der Waals surface area contributed by atoms with E-state index in [9.17, 15) is 22.8 Å². The van der Waals surface area contributed by atoms with Crippen LogP contribution in [0.1, 0.15) is 44.4 Å². The first-order valence-corrected chi connectivity index (χ1v) is 10.7. The van der Waals surface area contributed by atoms with Crippen molar-refractivity contribution >= 4 is 17.6 Å². The normalized spacial score (nSPS) is 14.7. The number of halogens is 3. The van der Waals surface area contributed by atoms with Crippen LogP contribution >= 0.6 is 0 Å². The van der Waals surface area contributed by atoms with Gasteiger partial charge in [-0.05, 0) is 50.5 Å². The highest BCUT2D eigenvalue weighted by Crippen LogP contribution is 2.35. The molecule has 1 aromatic carbocycles. The van der Waals surface area contributed by atoms with Crippen LogP contribution in [0.25, 0.3) is 0 Å². The number of nitrogens with zero attached hydrogens (tertiary/aromatic N) is 3. The SMILES string of the molecule is CCC(C)N(CC(=O)N(Cc1cccn1C)C1CC1)C(=O)Nc1ccccc1C(F)(F)F. The maximum absolute atomic E-state index is 13.3. The number of benzene rings is 1. The highest BCUT2D eigenvalue weighted by atomic mass is 19.4. The van der Waals surface area contributed by atoms with Crippen molar-refractivity contribution in [1.29, 1.82) is 0 Å². The third kappa shape index (κ3) is 5.63. The first kappa shape index (κ1) is 23.7. The van der Waals surface area contributed by atoms with Gasteiger partial charge in [0.2, 0.25) is 5.91 Å². The molecule has 0 radical (unpaired) electrons. The summed E-state index contributed by atoms with van der Waals surface area (Å²) >= 11 is 0. The minimum absolute atomic E-state index is 0.130. The molecule has 1 aliphatic rings. The smallest absolute Gasteiger partial charge is 0.353 e. The summed E-state index contributed by atoms with van der Waals surface area (Å²) in [6.45, 7) is 3.87. The zero-order valence-corrected chi connectivity index (χ0v) is 18.5. The van der Waals surface area contributed by atoms with Crippen LogP contribution in [0, 0.1) is 0 Å². The molecule has 1 saturated carbocycles. The Bertz CT molecular complexity index is 953. The van der Waals surface area contributed by atoms with Gasteiger partial charge in [-0.15, -0.1) is 0 Å². The number of aromatic nitrogens is 1. The molecule has 9 heteroatoms. The van der Waals surface area contributed by atoms with Crippen molar-refractivity contribution in [2.24, 2.45) is 7.05 Å².